The number of likely N-dealkylation sites (tertiary alicyclic amines) is 1. The zero-order chi connectivity index (χ0) is 23.1. The number of nitrogens with zero attached hydrogens (tertiary/aromatic N) is 1. The van der Waals surface area contributed by atoms with Crippen molar-refractivity contribution in [2.45, 2.75) is 39.5 Å². The Morgan fingerprint density at radius 3 is 2.69 bits per heavy atom. The fraction of sp³-hybridized carbons (Fsp3) is 0.458. The minimum Gasteiger partial charge on any atom is -0.462 e. The van der Waals surface area contributed by atoms with Crippen LogP contribution in [0.25, 0.3) is 10.4 Å². The molecule has 172 valence electrons. The number of esters is 1. The number of carbonyl (C=O) groups excluding carboxylic acids is 3. The summed E-state index contributed by atoms with van der Waals surface area (Å²) in [6.07, 6.45) is 3.17. The van der Waals surface area contributed by atoms with E-state index in [-0.39, 0.29) is 25.0 Å². The van der Waals surface area contributed by atoms with Gasteiger partial charge in [-0.1, -0.05) is 30.3 Å². The van der Waals surface area contributed by atoms with Gasteiger partial charge < -0.3 is 15.8 Å². The van der Waals surface area contributed by atoms with Gasteiger partial charge in [-0.25, -0.2) is 4.79 Å². The number of carbonyl (C=O) groups is 3. The number of anilines is 1. The summed E-state index contributed by atoms with van der Waals surface area (Å²) in [5.74, 6) is -0.503. The molecule has 0 aliphatic carbocycles. The van der Waals surface area contributed by atoms with E-state index >= 15 is 0 Å². The van der Waals surface area contributed by atoms with Gasteiger partial charge >= 0.3 is 5.97 Å². The van der Waals surface area contributed by atoms with Crippen molar-refractivity contribution in [2.75, 3.05) is 31.6 Å². The molecular weight excluding hydrogens is 426 g/mol. The van der Waals surface area contributed by atoms with Gasteiger partial charge in [0.25, 0.3) is 0 Å². The first-order chi connectivity index (χ1) is 15.4. The van der Waals surface area contributed by atoms with E-state index < -0.39 is 5.97 Å². The zero-order valence-electron chi connectivity index (χ0n) is 18.7. The second-order valence-corrected chi connectivity index (χ2v) is 9.16. The van der Waals surface area contributed by atoms with Crippen LogP contribution in [0.3, 0.4) is 0 Å². The second kappa shape index (κ2) is 11.2. The number of nitrogens with one attached hydrogen (secondary N) is 1. The molecule has 1 aliphatic rings. The number of amides is 2. The highest BCUT2D eigenvalue weighted by molar-refractivity contribution is 7.20. The number of rotatable bonds is 9. The summed E-state index contributed by atoms with van der Waals surface area (Å²) in [5.41, 5.74) is 7.49. The highest BCUT2D eigenvalue weighted by atomic mass is 32.1. The van der Waals surface area contributed by atoms with E-state index in [1.54, 1.807) is 6.92 Å². The number of piperidine rings is 1. The summed E-state index contributed by atoms with van der Waals surface area (Å²) in [7, 11) is 0. The van der Waals surface area contributed by atoms with Gasteiger partial charge in [-0.05, 0) is 56.7 Å². The van der Waals surface area contributed by atoms with Crippen molar-refractivity contribution < 1.29 is 19.1 Å². The SMILES string of the molecule is CCOC(=O)c1c(NC(=O)CN2CCCC(CCC(N)=O)C2)sc(-c2ccccc2)c1C. The Hall–Kier alpha value is -2.71. The molecule has 3 N–H and O–H groups in total. The molecule has 0 saturated carbocycles. The highest BCUT2D eigenvalue weighted by Crippen LogP contribution is 2.40. The second-order valence-electron chi connectivity index (χ2n) is 8.14. The van der Waals surface area contributed by atoms with Crippen molar-refractivity contribution in [1.82, 2.24) is 4.90 Å². The third-order valence-corrected chi connectivity index (χ3v) is 6.94. The maximum absolute atomic E-state index is 12.9. The molecule has 0 bridgehead atoms. The molecule has 2 amide bonds. The average molecular weight is 458 g/mol. The molecule has 1 unspecified atom stereocenters. The topological polar surface area (TPSA) is 102 Å². The van der Waals surface area contributed by atoms with Crippen LogP contribution in [0.5, 0.6) is 0 Å². The molecule has 1 aromatic carbocycles. The highest BCUT2D eigenvalue weighted by Gasteiger charge is 2.26. The minimum absolute atomic E-state index is 0.160. The fourth-order valence-corrected chi connectivity index (χ4v) is 5.38. The molecule has 1 aliphatic heterocycles. The predicted molar refractivity (Wildman–Crippen MR) is 127 cm³/mol. The molecule has 8 heteroatoms. The Balaban J connectivity index is 1.73. The Labute approximate surface area is 192 Å². The van der Waals surface area contributed by atoms with E-state index in [9.17, 15) is 14.4 Å². The molecular formula is C24H31N3O4S. The number of benzene rings is 1. The summed E-state index contributed by atoms with van der Waals surface area (Å²) in [4.78, 5) is 39.6. The van der Waals surface area contributed by atoms with Crippen LogP contribution in [-0.4, -0.2) is 48.9 Å². The Kier molecular flexibility index (Phi) is 8.41. The summed E-state index contributed by atoms with van der Waals surface area (Å²) in [6.45, 7) is 5.76. The number of hydrogen-bond acceptors (Lipinski definition) is 6. The van der Waals surface area contributed by atoms with E-state index in [0.29, 0.717) is 22.9 Å². The first-order valence-corrected chi connectivity index (χ1v) is 11.9. The van der Waals surface area contributed by atoms with E-state index in [2.05, 4.69) is 10.2 Å². The van der Waals surface area contributed by atoms with Gasteiger partial charge in [0.1, 0.15) is 5.00 Å². The molecule has 2 heterocycles. The largest absolute Gasteiger partial charge is 0.462 e. The van der Waals surface area contributed by atoms with Gasteiger partial charge in [0.2, 0.25) is 11.8 Å². The van der Waals surface area contributed by atoms with Crippen molar-refractivity contribution >= 4 is 34.1 Å². The van der Waals surface area contributed by atoms with Gasteiger partial charge in [-0.15, -0.1) is 11.3 Å². The minimum atomic E-state index is -0.428. The van der Waals surface area contributed by atoms with Crippen molar-refractivity contribution in [3.05, 3.63) is 41.5 Å². The van der Waals surface area contributed by atoms with Crippen molar-refractivity contribution in [3.63, 3.8) is 0 Å². The van der Waals surface area contributed by atoms with Crippen molar-refractivity contribution in [3.8, 4) is 10.4 Å². The third-order valence-electron chi connectivity index (χ3n) is 5.68. The van der Waals surface area contributed by atoms with Crippen LogP contribution >= 0.6 is 11.3 Å². The monoisotopic (exact) mass is 457 g/mol. The summed E-state index contributed by atoms with van der Waals surface area (Å²) in [5, 5.41) is 3.48. The number of hydrogen-bond donors (Lipinski definition) is 2. The third kappa shape index (κ3) is 6.17. The number of primary amides is 1. The summed E-state index contributed by atoms with van der Waals surface area (Å²) < 4.78 is 5.26. The quantitative estimate of drug-likeness (QED) is 0.558. The summed E-state index contributed by atoms with van der Waals surface area (Å²) >= 11 is 1.39. The van der Waals surface area contributed by atoms with Gasteiger partial charge in [0, 0.05) is 17.8 Å². The van der Waals surface area contributed by atoms with E-state index in [1.807, 2.05) is 37.3 Å². The maximum Gasteiger partial charge on any atom is 0.341 e. The fourth-order valence-electron chi connectivity index (χ4n) is 4.16. The van der Waals surface area contributed by atoms with Crippen LogP contribution in [0.15, 0.2) is 30.3 Å². The van der Waals surface area contributed by atoms with Crippen LogP contribution in [0, 0.1) is 12.8 Å². The van der Waals surface area contributed by atoms with E-state index in [4.69, 9.17) is 10.5 Å². The molecule has 0 radical (unpaired) electrons. The lowest BCUT2D eigenvalue weighted by atomic mass is 9.93. The maximum atomic E-state index is 12.9. The first kappa shape index (κ1) is 23.9. The van der Waals surface area contributed by atoms with Gasteiger partial charge in [0.05, 0.1) is 18.7 Å². The van der Waals surface area contributed by atoms with Gasteiger partial charge in [-0.3, -0.25) is 14.5 Å². The van der Waals surface area contributed by atoms with Gasteiger partial charge in [0.15, 0.2) is 0 Å². The van der Waals surface area contributed by atoms with E-state index in [1.165, 1.54) is 11.3 Å². The molecule has 1 atom stereocenters. The lowest BCUT2D eigenvalue weighted by Crippen LogP contribution is -2.40. The molecule has 0 spiro atoms. The van der Waals surface area contributed by atoms with Crippen LogP contribution < -0.4 is 11.1 Å². The van der Waals surface area contributed by atoms with Crippen LogP contribution in [0.2, 0.25) is 0 Å². The normalized spacial score (nSPS) is 16.5. The van der Waals surface area contributed by atoms with Crippen LogP contribution in [0.1, 0.15) is 48.5 Å². The van der Waals surface area contributed by atoms with E-state index in [0.717, 1.165) is 48.4 Å². The number of thiophene rings is 1. The molecule has 7 nitrogen and oxygen atoms in total. The van der Waals surface area contributed by atoms with Crippen LogP contribution in [-0.2, 0) is 14.3 Å². The Morgan fingerprint density at radius 1 is 1.25 bits per heavy atom. The summed E-state index contributed by atoms with van der Waals surface area (Å²) in [6, 6.07) is 9.80. The average Bonchev–Trinajstić information content (AvgIpc) is 3.09. The molecule has 32 heavy (non-hydrogen) atoms. The standard InChI is InChI=1S/C24H31N3O4S/c1-3-31-24(30)21-16(2)22(18-9-5-4-6-10-18)32-23(21)26-20(29)15-27-13-7-8-17(14-27)11-12-19(25)28/h4-6,9-10,17H,3,7-8,11-15H2,1-2H3,(H2,25,28)(H,26,29). The number of ether oxygens (including phenoxy) is 1. The van der Waals surface area contributed by atoms with Crippen LogP contribution in [0.4, 0.5) is 5.00 Å². The molecule has 3 rings (SSSR count). The Bertz CT molecular complexity index is 958. The Morgan fingerprint density at radius 2 is 2.00 bits per heavy atom. The zero-order valence-corrected chi connectivity index (χ0v) is 19.5. The molecule has 2 aromatic rings. The molecule has 1 aromatic heterocycles. The predicted octanol–water partition coefficient (Wildman–Crippen LogP) is 3.82. The van der Waals surface area contributed by atoms with Crippen molar-refractivity contribution in [2.24, 2.45) is 11.7 Å². The lowest BCUT2D eigenvalue weighted by Gasteiger charge is -2.32. The first-order valence-electron chi connectivity index (χ1n) is 11.1. The van der Waals surface area contributed by atoms with Crippen molar-refractivity contribution in [1.29, 1.82) is 0 Å². The lowest BCUT2D eigenvalue weighted by molar-refractivity contribution is -0.119. The van der Waals surface area contributed by atoms with Gasteiger partial charge in [-0.2, -0.15) is 0 Å². The molecule has 1 saturated heterocycles. The molecule has 1 fully saturated rings. The number of nitrogens with two attached hydrogens (primary N) is 1. The smallest absolute Gasteiger partial charge is 0.341 e.